The Morgan fingerprint density at radius 2 is 2.12 bits per heavy atom. The van der Waals surface area contributed by atoms with E-state index >= 15 is 0 Å². The van der Waals surface area contributed by atoms with Crippen LogP contribution in [0.5, 0.6) is 0 Å². The van der Waals surface area contributed by atoms with Crippen LogP contribution in [0.15, 0.2) is 42.7 Å². The minimum atomic E-state index is -0.376. The number of rotatable bonds is 8. The van der Waals surface area contributed by atoms with Crippen LogP contribution in [0.4, 0.5) is 5.82 Å². The first kappa shape index (κ1) is 23.6. The molecule has 2 saturated heterocycles. The van der Waals surface area contributed by atoms with Crippen molar-refractivity contribution in [1.82, 2.24) is 20.3 Å². The van der Waals surface area contributed by atoms with Gasteiger partial charge in [-0.2, -0.15) is 0 Å². The van der Waals surface area contributed by atoms with Gasteiger partial charge in [0.05, 0.1) is 10.7 Å². The maximum absolute atomic E-state index is 12.0. The number of piperidine rings is 1. The lowest BCUT2D eigenvalue weighted by Crippen LogP contribution is -2.39. The largest absolute Gasteiger partial charge is 0.366 e. The van der Waals surface area contributed by atoms with Crippen LogP contribution in [0.25, 0.3) is 6.08 Å². The van der Waals surface area contributed by atoms with Crippen LogP contribution in [0, 0.1) is 0 Å². The summed E-state index contributed by atoms with van der Waals surface area (Å²) >= 11 is 6.44. The van der Waals surface area contributed by atoms with E-state index in [-0.39, 0.29) is 12.2 Å². The zero-order valence-electron chi connectivity index (χ0n) is 18.6. The molecule has 8 nitrogen and oxygen atoms in total. The van der Waals surface area contributed by atoms with Crippen molar-refractivity contribution in [2.45, 2.75) is 51.0 Å². The summed E-state index contributed by atoms with van der Waals surface area (Å²) < 4.78 is 5.41. The third-order valence-electron chi connectivity index (χ3n) is 5.76. The molecule has 2 fully saturated rings. The van der Waals surface area contributed by atoms with Gasteiger partial charge in [-0.1, -0.05) is 17.7 Å². The molecule has 4 rings (SSSR count). The van der Waals surface area contributed by atoms with Crippen molar-refractivity contribution >= 4 is 29.4 Å². The number of hydroxylamine groups is 1. The lowest BCUT2D eigenvalue weighted by molar-refractivity contribution is -0.198. The van der Waals surface area contributed by atoms with Crippen molar-refractivity contribution in [3.63, 3.8) is 0 Å². The van der Waals surface area contributed by atoms with Crippen LogP contribution >= 0.6 is 11.6 Å². The van der Waals surface area contributed by atoms with E-state index in [9.17, 15) is 4.79 Å². The minimum Gasteiger partial charge on any atom is -0.366 e. The smallest absolute Gasteiger partial charge is 0.267 e. The highest BCUT2D eigenvalue weighted by atomic mass is 35.5. The first-order valence-electron chi connectivity index (χ1n) is 11.5. The number of nitrogens with zero attached hydrogens (tertiary/aromatic N) is 3. The Balaban J connectivity index is 1.21. The molecule has 1 unspecified atom stereocenters. The second kappa shape index (κ2) is 12.1. The molecule has 0 spiro atoms. The van der Waals surface area contributed by atoms with Crippen LogP contribution in [0.1, 0.15) is 43.4 Å². The predicted octanol–water partition coefficient (Wildman–Crippen LogP) is 3.79. The van der Waals surface area contributed by atoms with E-state index in [1.54, 1.807) is 18.3 Å². The molecule has 176 valence electrons. The number of aromatic nitrogens is 2. The highest BCUT2D eigenvalue weighted by Crippen LogP contribution is 2.24. The minimum absolute atomic E-state index is 0.321. The average Bonchev–Trinajstić information content (AvgIpc) is 2.85. The Labute approximate surface area is 199 Å². The summed E-state index contributed by atoms with van der Waals surface area (Å²) in [5.41, 5.74) is 4.23. The SMILES string of the molecule is O=C(C=Cc1cnc(NC2CCN(Cc3ccccn3)CC2)c(Cl)c1)NOC1CCCCO1. The van der Waals surface area contributed by atoms with Gasteiger partial charge in [-0.05, 0) is 55.5 Å². The van der Waals surface area contributed by atoms with E-state index in [4.69, 9.17) is 21.2 Å². The molecule has 9 heteroatoms. The van der Waals surface area contributed by atoms with E-state index in [1.807, 2.05) is 18.3 Å². The van der Waals surface area contributed by atoms with Crippen LogP contribution in [0.3, 0.4) is 0 Å². The fourth-order valence-electron chi connectivity index (χ4n) is 3.93. The zero-order chi connectivity index (χ0) is 22.9. The number of likely N-dealkylation sites (tertiary alicyclic amines) is 1. The number of anilines is 1. The van der Waals surface area contributed by atoms with Crippen molar-refractivity contribution in [2.75, 3.05) is 25.0 Å². The van der Waals surface area contributed by atoms with E-state index < -0.39 is 0 Å². The van der Waals surface area contributed by atoms with Crippen molar-refractivity contribution < 1.29 is 14.4 Å². The van der Waals surface area contributed by atoms with Gasteiger partial charge in [0.1, 0.15) is 5.82 Å². The maximum atomic E-state index is 12.0. The lowest BCUT2D eigenvalue weighted by Gasteiger charge is -2.32. The molecule has 33 heavy (non-hydrogen) atoms. The normalized spacial score (nSPS) is 20.1. The molecule has 1 atom stereocenters. The molecule has 2 N–H and O–H groups in total. The van der Waals surface area contributed by atoms with Crippen LogP contribution in [0.2, 0.25) is 5.02 Å². The van der Waals surface area contributed by atoms with E-state index in [0.717, 1.165) is 63.0 Å². The molecular weight excluding hydrogens is 442 g/mol. The highest BCUT2D eigenvalue weighted by Gasteiger charge is 2.20. The van der Waals surface area contributed by atoms with Gasteiger partial charge >= 0.3 is 0 Å². The molecule has 0 saturated carbocycles. The number of ether oxygens (including phenoxy) is 1. The third kappa shape index (κ3) is 7.50. The second-order valence-corrected chi connectivity index (χ2v) is 8.74. The Morgan fingerprint density at radius 1 is 1.24 bits per heavy atom. The lowest BCUT2D eigenvalue weighted by atomic mass is 10.0. The summed E-state index contributed by atoms with van der Waals surface area (Å²) in [7, 11) is 0. The van der Waals surface area contributed by atoms with E-state index in [2.05, 4.69) is 31.7 Å². The third-order valence-corrected chi connectivity index (χ3v) is 6.05. The average molecular weight is 472 g/mol. The van der Waals surface area contributed by atoms with Gasteiger partial charge in [-0.25, -0.2) is 15.3 Å². The highest BCUT2D eigenvalue weighted by molar-refractivity contribution is 6.33. The van der Waals surface area contributed by atoms with Gasteiger partial charge in [0.25, 0.3) is 5.91 Å². The maximum Gasteiger partial charge on any atom is 0.267 e. The molecule has 2 aliphatic heterocycles. The summed E-state index contributed by atoms with van der Waals surface area (Å²) in [5.74, 6) is 0.305. The van der Waals surface area contributed by atoms with Crippen LogP contribution in [-0.4, -0.2) is 52.8 Å². The number of carbonyl (C=O) groups excluding carboxylic acids is 1. The van der Waals surface area contributed by atoms with Gasteiger partial charge in [0, 0.05) is 57.2 Å². The molecule has 2 aliphatic rings. The van der Waals surface area contributed by atoms with Gasteiger partial charge in [0.15, 0.2) is 6.29 Å². The van der Waals surface area contributed by atoms with Gasteiger partial charge in [0.2, 0.25) is 0 Å². The number of amides is 1. The Bertz CT molecular complexity index is 929. The molecule has 2 aromatic rings. The molecule has 0 bridgehead atoms. The number of pyridine rings is 2. The van der Waals surface area contributed by atoms with Crippen molar-refractivity contribution in [3.8, 4) is 0 Å². The first-order valence-corrected chi connectivity index (χ1v) is 11.8. The number of hydrogen-bond donors (Lipinski definition) is 2. The van der Waals surface area contributed by atoms with Crippen LogP contribution in [-0.2, 0) is 20.9 Å². The summed E-state index contributed by atoms with van der Waals surface area (Å²) in [6, 6.07) is 8.14. The number of halogens is 1. The van der Waals surface area contributed by atoms with E-state index in [0.29, 0.717) is 23.5 Å². The zero-order valence-corrected chi connectivity index (χ0v) is 19.3. The Kier molecular flexibility index (Phi) is 8.65. The molecule has 1 amide bonds. The molecule has 0 radical (unpaired) electrons. The van der Waals surface area contributed by atoms with Crippen LogP contribution < -0.4 is 10.8 Å². The Morgan fingerprint density at radius 3 is 2.85 bits per heavy atom. The van der Waals surface area contributed by atoms with Gasteiger partial charge in [-0.3, -0.25) is 14.7 Å². The number of hydrogen-bond acceptors (Lipinski definition) is 7. The van der Waals surface area contributed by atoms with Crippen molar-refractivity contribution in [3.05, 3.63) is 59.0 Å². The molecule has 0 aliphatic carbocycles. The van der Waals surface area contributed by atoms with Crippen molar-refractivity contribution in [2.24, 2.45) is 0 Å². The standard InChI is InChI=1S/C24H30ClN5O3/c25-21-15-18(7-8-22(31)29-33-23-6-2-4-14-32-23)16-27-24(21)28-19-9-12-30(13-10-19)17-20-5-1-3-11-26-20/h1,3,5,7-8,11,15-16,19,23H,2,4,6,9-10,12-14,17H2,(H,27,28)(H,29,31). The first-order chi connectivity index (χ1) is 16.2. The summed E-state index contributed by atoms with van der Waals surface area (Å²) in [6.45, 7) is 3.52. The monoisotopic (exact) mass is 471 g/mol. The summed E-state index contributed by atoms with van der Waals surface area (Å²) in [6.07, 6.45) is 11.1. The fraction of sp³-hybridized carbons (Fsp3) is 0.458. The topological polar surface area (TPSA) is 88.6 Å². The fourth-order valence-corrected chi connectivity index (χ4v) is 4.16. The number of carbonyl (C=O) groups is 1. The summed E-state index contributed by atoms with van der Waals surface area (Å²) in [4.78, 5) is 28.5. The predicted molar refractivity (Wildman–Crippen MR) is 127 cm³/mol. The van der Waals surface area contributed by atoms with Crippen molar-refractivity contribution in [1.29, 1.82) is 0 Å². The molecular formula is C24H30ClN5O3. The summed E-state index contributed by atoms with van der Waals surface area (Å²) in [5, 5.41) is 3.99. The molecule has 4 heterocycles. The van der Waals surface area contributed by atoms with E-state index in [1.165, 1.54) is 6.08 Å². The number of nitrogens with one attached hydrogen (secondary N) is 2. The van der Waals surface area contributed by atoms with Gasteiger partial charge in [-0.15, -0.1) is 0 Å². The molecule has 2 aromatic heterocycles. The second-order valence-electron chi connectivity index (χ2n) is 8.33. The van der Waals surface area contributed by atoms with Gasteiger partial charge < -0.3 is 10.1 Å². The Hall–Kier alpha value is -2.52. The quantitative estimate of drug-likeness (QED) is 0.447. The molecule has 0 aromatic carbocycles.